The zero-order chi connectivity index (χ0) is 23.8. The minimum absolute atomic E-state index is 0.202. The third kappa shape index (κ3) is 6.97. The molecule has 0 radical (unpaired) electrons. The lowest BCUT2D eigenvalue weighted by molar-refractivity contribution is -0.136. The summed E-state index contributed by atoms with van der Waals surface area (Å²) in [6.45, 7) is -0.817. The third-order valence-corrected chi connectivity index (χ3v) is 5.25. The quantitative estimate of drug-likeness (QED) is 0.492. The van der Waals surface area contributed by atoms with Gasteiger partial charge in [0.1, 0.15) is 5.82 Å². The molecule has 3 aromatic rings. The van der Waals surface area contributed by atoms with Crippen LogP contribution >= 0.6 is 11.3 Å². The number of nitrogens with one attached hydrogen (secondary N) is 2. The van der Waals surface area contributed by atoms with E-state index in [1.54, 1.807) is 29.6 Å². The standard InChI is InChI=1S/C23H20FN3O5S/c1-27(13-20(28)25-17-10-6-16(24)7-11-17)21(29)14-32-23(31)15-4-8-18(9-5-15)26-22(30)19-3-2-12-33-19/h2-12H,13-14H2,1H3,(H,25,28)(H,26,30). The maximum Gasteiger partial charge on any atom is 0.338 e. The van der Waals surface area contributed by atoms with Crippen molar-refractivity contribution < 1.29 is 28.3 Å². The lowest BCUT2D eigenvalue weighted by Gasteiger charge is -2.17. The molecule has 3 amide bonds. The van der Waals surface area contributed by atoms with Crippen LogP contribution in [0.5, 0.6) is 0 Å². The van der Waals surface area contributed by atoms with E-state index in [0.717, 1.165) is 4.90 Å². The molecular weight excluding hydrogens is 449 g/mol. The molecule has 1 heterocycles. The zero-order valence-electron chi connectivity index (χ0n) is 17.5. The maximum absolute atomic E-state index is 12.9. The van der Waals surface area contributed by atoms with Crippen molar-refractivity contribution in [1.82, 2.24) is 4.90 Å². The number of halogens is 1. The van der Waals surface area contributed by atoms with Crippen molar-refractivity contribution in [3.8, 4) is 0 Å². The van der Waals surface area contributed by atoms with Gasteiger partial charge in [-0.1, -0.05) is 6.07 Å². The zero-order valence-corrected chi connectivity index (χ0v) is 18.4. The topological polar surface area (TPSA) is 105 Å². The van der Waals surface area contributed by atoms with Gasteiger partial charge < -0.3 is 20.3 Å². The molecule has 0 unspecified atom stereocenters. The molecule has 33 heavy (non-hydrogen) atoms. The number of benzene rings is 2. The summed E-state index contributed by atoms with van der Waals surface area (Å²) in [5.41, 5.74) is 1.10. The summed E-state index contributed by atoms with van der Waals surface area (Å²) in [6.07, 6.45) is 0. The number of ether oxygens (including phenoxy) is 1. The van der Waals surface area contributed by atoms with Crippen molar-refractivity contribution in [2.45, 2.75) is 0 Å². The molecule has 0 aliphatic heterocycles. The molecule has 0 bridgehead atoms. The summed E-state index contributed by atoms with van der Waals surface area (Å²) < 4.78 is 17.9. The molecule has 1 aromatic heterocycles. The lowest BCUT2D eigenvalue weighted by atomic mass is 10.2. The van der Waals surface area contributed by atoms with Crippen LogP contribution in [0.15, 0.2) is 66.0 Å². The molecule has 0 fully saturated rings. The summed E-state index contributed by atoms with van der Waals surface area (Å²) in [4.78, 5) is 50.1. The highest BCUT2D eigenvalue weighted by atomic mass is 32.1. The van der Waals surface area contributed by atoms with Crippen LogP contribution < -0.4 is 10.6 Å². The molecule has 0 aliphatic carbocycles. The second-order valence-corrected chi connectivity index (χ2v) is 7.84. The number of carbonyl (C=O) groups is 4. The summed E-state index contributed by atoms with van der Waals surface area (Å²) in [5.74, 6) is -2.46. The molecule has 8 nitrogen and oxygen atoms in total. The van der Waals surface area contributed by atoms with Gasteiger partial charge in [-0.2, -0.15) is 0 Å². The van der Waals surface area contributed by atoms with Gasteiger partial charge in [-0.05, 0) is 60.0 Å². The largest absolute Gasteiger partial charge is 0.452 e. The van der Waals surface area contributed by atoms with Crippen molar-refractivity contribution in [2.75, 3.05) is 30.8 Å². The molecule has 0 saturated carbocycles. The SMILES string of the molecule is CN(CC(=O)Nc1ccc(F)cc1)C(=O)COC(=O)c1ccc(NC(=O)c2cccs2)cc1. The van der Waals surface area contributed by atoms with E-state index in [2.05, 4.69) is 10.6 Å². The molecule has 0 atom stereocenters. The van der Waals surface area contributed by atoms with Crippen molar-refractivity contribution in [3.05, 3.63) is 82.3 Å². The van der Waals surface area contributed by atoms with Crippen LogP contribution in [0.1, 0.15) is 20.0 Å². The molecule has 10 heteroatoms. The average molecular weight is 469 g/mol. The van der Waals surface area contributed by atoms with Gasteiger partial charge in [-0.25, -0.2) is 9.18 Å². The highest BCUT2D eigenvalue weighted by Crippen LogP contribution is 2.15. The third-order valence-electron chi connectivity index (χ3n) is 4.38. The van der Waals surface area contributed by atoms with Crippen LogP contribution in [0.2, 0.25) is 0 Å². The Labute approximate surface area is 193 Å². The first-order chi connectivity index (χ1) is 15.8. The number of likely N-dealkylation sites (N-methyl/N-ethyl adjacent to an activating group) is 1. The summed E-state index contributed by atoms with van der Waals surface area (Å²) in [7, 11) is 1.39. The van der Waals surface area contributed by atoms with Crippen LogP contribution in [-0.2, 0) is 14.3 Å². The number of anilines is 2. The van der Waals surface area contributed by atoms with Gasteiger partial charge in [0.2, 0.25) is 5.91 Å². The van der Waals surface area contributed by atoms with Gasteiger partial charge in [0.15, 0.2) is 6.61 Å². The Bertz CT molecular complexity index is 1130. The molecule has 170 valence electrons. The second kappa shape index (κ2) is 11.0. The predicted octanol–water partition coefficient (Wildman–Crippen LogP) is 3.39. The monoisotopic (exact) mass is 469 g/mol. The normalized spacial score (nSPS) is 10.2. The van der Waals surface area contributed by atoms with Crippen molar-refractivity contribution in [1.29, 1.82) is 0 Å². The Morgan fingerprint density at radius 1 is 0.939 bits per heavy atom. The van der Waals surface area contributed by atoms with Crippen molar-refractivity contribution in [2.24, 2.45) is 0 Å². The smallest absolute Gasteiger partial charge is 0.338 e. The van der Waals surface area contributed by atoms with E-state index in [1.165, 1.54) is 54.8 Å². The fourth-order valence-corrected chi connectivity index (χ4v) is 3.27. The number of rotatable bonds is 8. The van der Waals surface area contributed by atoms with Gasteiger partial charge in [-0.15, -0.1) is 11.3 Å². The van der Waals surface area contributed by atoms with E-state index in [-0.39, 0.29) is 18.0 Å². The number of esters is 1. The van der Waals surface area contributed by atoms with Crippen LogP contribution in [-0.4, -0.2) is 48.8 Å². The molecule has 0 aliphatic rings. The number of hydrogen-bond donors (Lipinski definition) is 2. The first-order valence-electron chi connectivity index (χ1n) is 9.73. The van der Waals surface area contributed by atoms with Gasteiger partial charge in [0.25, 0.3) is 11.8 Å². The molecular formula is C23H20FN3O5S. The molecule has 2 N–H and O–H groups in total. The highest BCUT2D eigenvalue weighted by Gasteiger charge is 2.16. The van der Waals surface area contributed by atoms with E-state index in [4.69, 9.17) is 4.74 Å². The maximum atomic E-state index is 12.9. The van der Waals surface area contributed by atoms with E-state index in [0.29, 0.717) is 16.3 Å². The number of carbonyl (C=O) groups excluding carboxylic acids is 4. The van der Waals surface area contributed by atoms with Gasteiger partial charge in [0.05, 0.1) is 17.0 Å². The van der Waals surface area contributed by atoms with Crippen molar-refractivity contribution in [3.63, 3.8) is 0 Å². The highest BCUT2D eigenvalue weighted by molar-refractivity contribution is 7.12. The Morgan fingerprint density at radius 3 is 2.21 bits per heavy atom. The predicted molar refractivity (Wildman–Crippen MR) is 122 cm³/mol. The van der Waals surface area contributed by atoms with Gasteiger partial charge in [0, 0.05) is 18.4 Å². The second-order valence-electron chi connectivity index (χ2n) is 6.89. The van der Waals surface area contributed by atoms with Crippen molar-refractivity contribution >= 4 is 46.4 Å². The van der Waals surface area contributed by atoms with E-state index in [1.807, 2.05) is 0 Å². The minimum atomic E-state index is -0.719. The average Bonchev–Trinajstić information content (AvgIpc) is 3.34. The Morgan fingerprint density at radius 2 is 1.58 bits per heavy atom. The van der Waals surface area contributed by atoms with Crippen LogP contribution in [0.25, 0.3) is 0 Å². The molecule has 0 spiro atoms. The van der Waals surface area contributed by atoms with E-state index >= 15 is 0 Å². The van der Waals surface area contributed by atoms with E-state index < -0.39 is 30.2 Å². The Balaban J connectivity index is 1.44. The number of thiophene rings is 1. The van der Waals surface area contributed by atoms with Crippen LogP contribution in [0, 0.1) is 5.82 Å². The van der Waals surface area contributed by atoms with Gasteiger partial charge in [-0.3, -0.25) is 14.4 Å². The van der Waals surface area contributed by atoms with Crippen LogP contribution in [0.3, 0.4) is 0 Å². The molecule has 0 saturated heterocycles. The summed E-state index contributed by atoms with van der Waals surface area (Å²) in [5, 5.41) is 7.05. The lowest BCUT2D eigenvalue weighted by Crippen LogP contribution is -2.37. The Hall–Kier alpha value is -4.05. The first-order valence-corrected chi connectivity index (χ1v) is 10.6. The number of hydrogen-bond acceptors (Lipinski definition) is 6. The summed E-state index contributed by atoms with van der Waals surface area (Å²) >= 11 is 1.31. The fourth-order valence-electron chi connectivity index (χ4n) is 2.65. The fraction of sp³-hybridized carbons (Fsp3) is 0.130. The number of amides is 3. The van der Waals surface area contributed by atoms with Gasteiger partial charge >= 0.3 is 5.97 Å². The summed E-state index contributed by atoms with van der Waals surface area (Å²) in [6, 6.07) is 14.7. The molecule has 3 rings (SSSR count). The van der Waals surface area contributed by atoms with E-state index in [9.17, 15) is 23.6 Å². The Kier molecular flexibility index (Phi) is 7.87. The van der Waals surface area contributed by atoms with Crippen LogP contribution in [0.4, 0.5) is 15.8 Å². The minimum Gasteiger partial charge on any atom is -0.452 e. The molecule has 2 aromatic carbocycles. The number of nitrogens with zero attached hydrogens (tertiary/aromatic N) is 1. The first kappa shape index (κ1) is 23.6.